The van der Waals surface area contributed by atoms with Gasteiger partial charge in [0.15, 0.2) is 9.76 Å². The van der Waals surface area contributed by atoms with Crippen LogP contribution in [0.25, 0.3) is 0 Å². The Hall–Kier alpha value is -0.863. The van der Waals surface area contributed by atoms with Gasteiger partial charge >= 0.3 is 0 Å². The van der Waals surface area contributed by atoms with Crippen LogP contribution in [-0.2, 0) is 11.0 Å². The summed E-state index contributed by atoms with van der Waals surface area (Å²) in [6.07, 6.45) is 4.89. The van der Waals surface area contributed by atoms with E-state index in [1.165, 1.54) is 18.4 Å². The van der Waals surface area contributed by atoms with Gasteiger partial charge in [-0.15, -0.1) is 0 Å². The topological polar surface area (TPSA) is 9.23 Å². The van der Waals surface area contributed by atoms with Crippen molar-refractivity contribution in [3.05, 3.63) is 47.2 Å². The maximum atomic E-state index is 6.02. The first-order valence-electron chi connectivity index (χ1n) is 7.49. The van der Waals surface area contributed by atoms with E-state index in [-0.39, 0.29) is 0 Å². The summed E-state index contributed by atoms with van der Waals surface area (Å²) in [6, 6.07) is 10.5. The van der Waals surface area contributed by atoms with Crippen LogP contribution in [0.4, 0.5) is 0 Å². The summed E-state index contributed by atoms with van der Waals surface area (Å²) in [5.41, 5.74) is 1.28. The molecule has 0 aliphatic rings. The highest BCUT2D eigenvalue weighted by atomic mass is 28.2. The lowest BCUT2D eigenvalue weighted by Gasteiger charge is -2.16. The molecule has 0 N–H and O–H groups in total. The van der Waals surface area contributed by atoms with Crippen LogP contribution < -0.4 is 0 Å². The summed E-state index contributed by atoms with van der Waals surface area (Å²) >= 11 is 0. The van der Waals surface area contributed by atoms with E-state index < -0.39 is 9.76 Å². The average Bonchev–Trinajstić information content (AvgIpc) is 2.46. The lowest BCUT2D eigenvalue weighted by molar-refractivity contribution is 0.325. The Morgan fingerprint density at radius 3 is 2.42 bits per heavy atom. The molecule has 0 heterocycles. The molecule has 19 heavy (non-hydrogen) atoms. The molecule has 0 bridgehead atoms. The Morgan fingerprint density at radius 1 is 1.16 bits per heavy atom. The molecule has 1 aromatic rings. The minimum atomic E-state index is -0.568. The number of hydrogen-bond acceptors (Lipinski definition) is 1. The Labute approximate surface area is 121 Å². The van der Waals surface area contributed by atoms with Crippen molar-refractivity contribution < 1.29 is 4.43 Å². The number of allylic oxidation sites excluding steroid dienone is 2. The van der Waals surface area contributed by atoms with Gasteiger partial charge in [0.1, 0.15) is 0 Å². The Kier molecular flexibility index (Phi) is 7.76. The third-order valence-corrected chi connectivity index (χ3v) is 5.44. The fourth-order valence-electron chi connectivity index (χ4n) is 1.96. The van der Waals surface area contributed by atoms with Crippen LogP contribution in [0.1, 0.15) is 46.1 Å². The highest BCUT2D eigenvalue weighted by Gasteiger charge is 2.09. The molecule has 0 fully saturated rings. The molecule has 0 aliphatic heterocycles. The molecule has 0 radical (unpaired) electrons. The first kappa shape index (κ1) is 16.2. The van der Waals surface area contributed by atoms with E-state index in [1.54, 1.807) is 5.20 Å². The van der Waals surface area contributed by atoms with Crippen molar-refractivity contribution in [1.82, 2.24) is 0 Å². The second-order valence-electron chi connectivity index (χ2n) is 5.41. The minimum absolute atomic E-state index is 0.568. The maximum Gasteiger partial charge on any atom is 0.188 e. The molecule has 0 amide bonds. The van der Waals surface area contributed by atoms with Gasteiger partial charge in [-0.2, -0.15) is 0 Å². The van der Waals surface area contributed by atoms with Gasteiger partial charge in [-0.25, -0.2) is 0 Å². The molecule has 106 valence electrons. The van der Waals surface area contributed by atoms with E-state index in [2.05, 4.69) is 58.0 Å². The minimum Gasteiger partial charge on any atom is -0.415 e. The molecule has 0 aromatic heterocycles. The monoisotopic (exact) mass is 276 g/mol. The van der Waals surface area contributed by atoms with Gasteiger partial charge in [-0.1, -0.05) is 82.1 Å². The third kappa shape index (κ3) is 6.21. The van der Waals surface area contributed by atoms with Crippen molar-refractivity contribution in [1.29, 1.82) is 0 Å². The van der Waals surface area contributed by atoms with Gasteiger partial charge in [0, 0.05) is 0 Å². The summed E-state index contributed by atoms with van der Waals surface area (Å²) in [6.45, 7) is 9.91. The van der Waals surface area contributed by atoms with Crippen LogP contribution in [0.3, 0.4) is 0 Å². The standard InChI is InChI=1S/C17H28OSi/c1-5-14(3)12-17(15(4)6-2)19-18-13-16-10-8-7-9-11-16/h7-12,14-15H,5-6,13,19H2,1-4H3. The third-order valence-electron chi connectivity index (χ3n) is 3.77. The van der Waals surface area contributed by atoms with E-state index >= 15 is 0 Å². The van der Waals surface area contributed by atoms with Crippen molar-refractivity contribution >= 4 is 9.76 Å². The van der Waals surface area contributed by atoms with Crippen molar-refractivity contribution in [3.63, 3.8) is 0 Å². The summed E-state index contributed by atoms with van der Waals surface area (Å²) in [5, 5.41) is 1.59. The summed E-state index contributed by atoms with van der Waals surface area (Å²) < 4.78 is 6.02. The Balaban J connectivity index is 2.51. The van der Waals surface area contributed by atoms with Crippen molar-refractivity contribution in [2.45, 2.75) is 47.1 Å². The molecule has 1 rings (SSSR count). The Morgan fingerprint density at radius 2 is 1.84 bits per heavy atom. The molecule has 0 saturated carbocycles. The average molecular weight is 276 g/mol. The van der Waals surface area contributed by atoms with Gasteiger partial charge in [0.2, 0.25) is 0 Å². The fourth-order valence-corrected chi connectivity index (χ4v) is 3.61. The smallest absolute Gasteiger partial charge is 0.188 e. The molecule has 1 nitrogen and oxygen atoms in total. The largest absolute Gasteiger partial charge is 0.415 e. The van der Waals surface area contributed by atoms with Crippen LogP contribution in [0.15, 0.2) is 41.6 Å². The van der Waals surface area contributed by atoms with Gasteiger partial charge in [-0.05, 0) is 17.4 Å². The molecule has 0 saturated heterocycles. The molecule has 0 aliphatic carbocycles. The molecule has 0 spiro atoms. The quantitative estimate of drug-likeness (QED) is 0.645. The maximum absolute atomic E-state index is 6.02. The molecular formula is C17H28OSi. The molecule has 2 heteroatoms. The highest BCUT2D eigenvalue weighted by molar-refractivity contribution is 6.38. The lowest BCUT2D eigenvalue weighted by atomic mass is 10.0. The van der Waals surface area contributed by atoms with Crippen LogP contribution in [-0.4, -0.2) is 9.76 Å². The second kappa shape index (κ2) is 9.11. The molecule has 2 unspecified atom stereocenters. The second-order valence-corrected chi connectivity index (χ2v) is 6.93. The molecular weight excluding hydrogens is 248 g/mol. The predicted octanol–water partition coefficient (Wildman–Crippen LogP) is 4.26. The zero-order valence-corrected chi connectivity index (χ0v) is 14.3. The zero-order chi connectivity index (χ0) is 14.1. The van der Waals surface area contributed by atoms with Crippen molar-refractivity contribution in [3.8, 4) is 0 Å². The summed E-state index contributed by atoms with van der Waals surface area (Å²) in [7, 11) is -0.568. The van der Waals surface area contributed by atoms with E-state index in [0.29, 0.717) is 11.8 Å². The van der Waals surface area contributed by atoms with Crippen molar-refractivity contribution in [2.75, 3.05) is 0 Å². The van der Waals surface area contributed by atoms with Crippen LogP contribution in [0.5, 0.6) is 0 Å². The number of rotatable bonds is 8. The van der Waals surface area contributed by atoms with Crippen molar-refractivity contribution in [2.24, 2.45) is 11.8 Å². The fraction of sp³-hybridized carbons (Fsp3) is 0.529. The van der Waals surface area contributed by atoms with E-state index in [0.717, 1.165) is 6.61 Å². The molecule has 2 atom stereocenters. The van der Waals surface area contributed by atoms with Gasteiger partial charge in [0.05, 0.1) is 6.61 Å². The summed E-state index contributed by atoms with van der Waals surface area (Å²) in [4.78, 5) is 0. The number of hydrogen-bond donors (Lipinski definition) is 0. The van der Waals surface area contributed by atoms with Gasteiger partial charge in [-0.3, -0.25) is 0 Å². The SMILES string of the molecule is CCC(C)C=C([SiH2]OCc1ccccc1)C(C)CC. The lowest BCUT2D eigenvalue weighted by Crippen LogP contribution is -2.11. The first-order chi connectivity index (χ1) is 9.17. The first-order valence-corrected chi connectivity index (χ1v) is 8.78. The van der Waals surface area contributed by atoms with E-state index in [4.69, 9.17) is 4.43 Å². The zero-order valence-electron chi connectivity index (χ0n) is 12.9. The van der Waals surface area contributed by atoms with E-state index in [1.807, 2.05) is 6.07 Å². The van der Waals surface area contributed by atoms with Gasteiger partial charge in [0.25, 0.3) is 0 Å². The van der Waals surface area contributed by atoms with Gasteiger partial charge < -0.3 is 4.43 Å². The van der Waals surface area contributed by atoms with E-state index in [9.17, 15) is 0 Å². The van der Waals surface area contributed by atoms with Crippen LogP contribution >= 0.6 is 0 Å². The predicted molar refractivity (Wildman–Crippen MR) is 86.8 cm³/mol. The number of benzene rings is 1. The molecule has 1 aromatic carbocycles. The van der Waals surface area contributed by atoms with Crippen LogP contribution in [0.2, 0.25) is 0 Å². The normalized spacial score (nSPS) is 15.9. The Bertz CT molecular complexity index is 372. The van der Waals surface area contributed by atoms with Crippen LogP contribution in [0, 0.1) is 11.8 Å². The highest BCUT2D eigenvalue weighted by Crippen LogP contribution is 2.17. The summed E-state index contributed by atoms with van der Waals surface area (Å²) in [5.74, 6) is 1.35.